The molecule has 2 heterocycles. The average molecular weight is 312 g/mol. The highest BCUT2D eigenvalue weighted by Crippen LogP contribution is 2.37. The Morgan fingerprint density at radius 2 is 2.25 bits per heavy atom. The van der Waals surface area contributed by atoms with Gasteiger partial charge in [-0.1, -0.05) is 0 Å². The molecule has 1 saturated heterocycles. The van der Waals surface area contributed by atoms with Crippen molar-refractivity contribution in [1.29, 1.82) is 0 Å². The summed E-state index contributed by atoms with van der Waals surface area (Å²) in [6.07, 6.45) is 7.78. The van der Waals surface area contributed by atoms with Gasteiger partial charge in [-0.05, 0) is 62.0 Å². The predicted molar refractivity (Wildman–Crippen MR) is 84.7 cm³/mol. The highest BCUT2D eigenvalue weighted by atomic mass is 35.5. The third-order valence-corrected chi connectivity index (χ3v) is 5.92. The number of rotatable bonds is 3. The van der Waals surface area contributed by atoms with Crippen molar-refractivity contribution in [2.75, 3.05) is 12.4 Å². The van der Waals surface area contributed by atoms with Crippen LogP contribution in [0.2, 0.25) is 0 Å². The Morgan fingerprint density at radius 1 is 1.35 bits per heavy atom. The minimum Gasteiger partial charge on any atom is -0.339 e. The summed E-state index contributed by atoms with van der Waals surface area (Å²) in [5, 5.41) is 2.14. The first-order valence-electron chi connectivity index (χ1n) is 7.74. The lowest BCUT2D eigenvalue weighted by Crippen LogP contribution is -2.46. The molecule has 0 aromatic carbocycles. The van der Waals surface area contributed by atoms with E-state index in [2.05, 4.69) is 16.3 Å². The molecular formula is C16H22ClNOS. The van der Waals surface area contributed by atoms with Crippen molar-refractivity contribution in [3.63, 3.8) is 0 Å². The molecule has 110 valence electrons. The Labute approximate surface area is 130 Å². The Bertz CT molecular complexity index is 471. The Kier molecular flexibility index (Phi) is 4.67. The van der Waals surface area contributed by atoms with Crippen molar-refractivity contribution in [3.8, 4) is 0 Å². The number of hydrogen-bond acceptors (Lipinski definition) is 2. The number of nitrogens with zero attached hydrogens (tertiary/aromatic N) is 1. The fourth-order valence-corrected chi connectivity index (χ4v) is 4.90. The molecule has 0 bridgehead atoms. The van der Waals surface area contributed by atoms with Gasteiger partial charge in [-0.15, -0.1) is 22.9 Å². The second-order valence-corrected chi connectivity index (χ2v) is 7.28. The molecule has 2 unspecified atom stereocenters. The quantitative estimate of drug-likeness (QED) is 0.767. The third-order valence-electron chi connectivity index (χ3n) is 4.70. The first-order valence-corrected chi connectivity index (χ1v) is 9.15. The molecule has 1 amide bonds. The van der Waals surface area contributed by atoms with Gasteiger partial charge in [0.05, 0.1) is 5.92 Å². The van der Waals surface area contributed by atoms with E-state index in [-0.39, 0.29) is 5.92 Å². The first kappa shape index (κ1) is 14.4. The van der Waals surface area contributed by atoms with Crippen molar-refractivity contribution >= 4 is 28.8 Å². The summed E-state index contributed by atoms with van der Waals surface area (Å²) in [5.74, 6) is 1.13. The summed E-state index contributed by atoms with van der Waals surface area (Å²) >= 11 is 7.73. The lowest BCUT2D eigenvalue weighted by molar-refractivity contribution is -0.136. The fourth-order valence-electron chi connectivity index (χ4n) is 3.66. The van der Waals surface area contributed by atoms with Crippen LogP contribution in [0.4, 0.5) is 0 Å². The lowest BCUT2D eigenvalue weighted by atomic mass is 9.85. The van der Waals surface area contributed by atoms with E-state index in [0.717, 1.165) is 45.1 Å². The van der Waals surface area contributed by atoms with Crippen molar-refractivity contribution in [2.24, 2.45) is 0 Å². The SMILES string of the molecule is O=C(C1CCCc2sccc21)N1CCCCC1CCCl. The van der Waals surface area contributed by atoms with Crippen LogP contribution in [0.1, 0.15) is 54.9 Å². The maximum absolute atomic E-state index is 13.0. The summed E-state index contributed by atoms with van der Waals surface area (Å²) in [5.41, 5.74) is 1.31. The molecule has 20 heavy (non-hydrogen) atoms. The molecule has 4 heteroatoms. The highest BCUT2D eigenvalue weighted by Gasteiger charge is 2.34. The third kappa shape index (κ3) is 2.75. The van der Waals surface area contributed by atoms with E-state index in [1.165, 1.54) is 16.9 Å². The maximum atomic E-state index is 13.0. The van der Waals surface area contributed by atoms with Gasteiger partial charge in [-0.3, -0.25) is 4.79 Å². The predicted octanol–water partition coefficient (Wildman–Crippen LogP) is 4.18. The molecule has 0 spiro atoms. The van der Waals surface area contributed by atoms with Crippen LogP contribution in [0.15, 0.2) is 11.4 Å². The van der Waals surface area contributed by atoms with Gasteiger partial charge in [0.1, 0.15) is 0 Å². The summed E-state index contributed by atoms with van der Waals surface area (Å²) in [7, 11) is 0. The standard InChI is InChI=1S/C16H22ClNOS/c17-9-7-12-4-1-2-10-18(12)16(19)14-5-3-6-15-13(14)8-11-20-15/h8,11-12,14H,1-7,9-10H2. The molecule has 0 radical (unpaired) electrons. The van der Waals surface area contributed by atoms with Crippen molar-refractivity contribution < 1.29 is 4.79 Å². The van der Waals surface area contributed by atoms with E-state index in [9.17, 15) is 4.79 Å². The molecule has 2 nitrogen and oxygen atoms in total. The van der Waals surface area contributed by atoms with E-state index in [1.807, 2.05) is 11.3 Å². The van der Waals surface area contributed by atoms with Gasteiger partial charge in [0.15, 0.2) is 0 Å². The number of hydrogen-bond donors (Lipinski definition) is 0. The molecule has 1 aliphatic heterocycles. The average Bonchev–Trinajstić information content (AvgIpc) is 2.96. The van der Waals surface area contributed by atoms with Gasteiger partial charge < -0.3 is 4.90 Å². The van der Waals surface area contributed by atoms with Crippen molar-refractivity contribution in [2.45, 2.75) is 56.9 Å². The largest absolute Gasteiger partial charge is 0.339 e. The van der Waals surface area contributed by atoms with Crippen LogP contribution in [0, 0.1) is 0 Å². The van der Waals surface area contributed by atoms with Crippen LogP contribution < -0.4 is 0 Å². The maximum Gasteiger partial charge on any atom is 0.230 e. The van der Waals surface area contributed by atoms with E-state index in [4.69, 9.17) is 11.6 Å². The number of carbonyl (C=O) groups excluding carboxylic acids is 1. The van der Waals surface area contributed by atoms with Crippen LogP contribution >= 0.6 is 22.9 Å². The van der Waals surface area contributed by atoms with Gasteiger partial charge in [0.2, 0.25) is 5.91 Å². The number of amides is 1. The van der Waals surface area contributed by atoms with Gasteiger partial charge in [-0.2, -0.15) is 0 Å². The molecule has 1 fully saturated rings. The summed E-state index contributed by atoms with van der Waals surface area (Å²) in [6, 6.07) is 2.54. The topological polar surface area (TPSA) is 20.3 Å². The van der Waals surface area contributed by atoms with E-state index >= 15 is 0 Å². The molecule has 0 N–H and O–H groups in total. The Morgan fingerprint density at radius 3 is 3.10 bits per heavy atom. The molecule has 0 saturated carbocycles. The molecule has 3 rings (SSSR count). The second-order valence-electron chi connectivity index (χ2n) is 5.90. The van der Waals surface area contributed by atoms with Crippen LogP contribution in [-0.4, -0.2) is 29.3 Å². The summed E-state index contributed by atoms with van der Waals surface area (Å²) in [6.45, 7) is 0.927. The fraction of sp³-hybridized carbons (Fsp3) is 0.688. The number of fused-ring (bicyclic) bond motifs is 1. The number of piperidine rings is 1. The van der Waals surface area contributed by atoms with Crippen molar-refractivity contribution in [3.05, 3.63) is 21.9 Å². The van der Waals surface area contributed by atoms with Crippen LogP contribution in [-0.2, 0) is 11.2 Å². The van der Waals surface area contributed by atoms with Gasteiger partial charge in [-0.25, -0.2) is 0 Å². The van der Waals surface area contributed by atoms with Gasteiger partial charge in [0.25, 0.3) is 0 Å². The Balaban J connectivity index is 1.78. The zero-order valence-corrected chi connectivity index (χ0v) is 13.4. The highest BCUT2D eigenvalue weighted by molar-refractivity contribution is 7.10. The van der Waals surface area contributed by atoms with E-state index in [0.29, 0.717) is 17.8 Å². The van der Waals surface area contributed by atoms with E-state index < -0.39 is 0 Å². The minimum absolute atomic E-state index is 0.112. The van der Waals surface area contributed by atoms with Crippen molar-refractivity contribution in [1.82, 2.24) is 4.90 Å². The molecule has 2 atom stereocenters. The number of aryl methyl sites for hydroxylation is 1. The number of carbonyl (C=O) groups is 1. The molecule has 1 aromatic rings. The molecular weight excluding hydrogens is 290 g/mol. The molecule has 1 aliphatic carbocycles. The summed E-state index contributed by atoms with van der Waals surface area (Å²) < 4.78 is 0. The summed E-state index contributed by atoms with van der Waals surface area (Å²) in [4.78, 5) is 16.6. The van der Waals surface area contributed by atoms with E-state index in [1.54, 1.807) is 0 Å². The second kappa shape index (κ2) is 6.48. The zero-order valence-electron chi connectivity index (χ0n) is 11.8. The van der Waals surface area contributed by atoms with Crippen LogP contribution in [0.3, 0.4) is 0 Å². The number of likely N-dealkylation sites (tertiary alicyclic amines) is 1. The zero-order chi connectivity index (χ0) is 13.9. The number of alkyl halides is 1. The van der Waals surface area contributed by atoms with Crippen LogP contribution in [0.25, 0.3) is 0 Å². The molecule has 1 aromatic heterocycles. The Hall–Kier alpha value is -0.540. The lowest BCUT2D eigenvalue weighted by Gasteiger charge is -2.38. The van der Waals surface area contributed by atoms with Gasteiger partial charge in [0, 0.05) is 23.3 Å². The monoisotopic (exact) mass is 311 g/mol. The normalized spacial score (nSPS) is 26.4. The number of thiophene rings is 1. The molecule has 2 aliphatic rings. The van der Waals surface area contributed by atoms with Crippen LogP contribution in [0.5, 0.6) is 0 Å². The smallest absolute Gasteiger partial charge is 0.230 e. The van der Waals surface area contributed by atoms with Gasteiger partial charge >= 0.3 is 0 Å². The first-order chi connectivity index (χ1) is 9.81. The number of halogens is 1. The minimum atomic E-state index is 0.112.